The van der Waals surface area contributed by atoms with Crippen LogP contribution in [0.1, 0.15) is 66.2 Å². The number of unbranched alkanes of at least 4 members (excludes halogenated alkanes) is 4. The molecule has 0 aliphatic rings. The van der Waals surface area contributed by atoms with E-state index in [4.69, 9.17) is 0 Å². The zero-order valence-corrected chi connectivity index (χ0v) is 14.0. The molecule has 0 fully saturated rings. The molecule has 0 rings (SSSR count). The van der Waals surface area contributed by atoms with E-state index in [0.717, 1.165) is 0 Å². The average Bonchev–Trinajstić information content (AvgIpc) is 2.44. The minimum absolute atomic E-state index is 1.18. The Labute approximate surface area is 122 Å². The summed E-state index contributed by atoms with van der Waals surface area (Å²) in [5, 5.41) is 0. The molecule has 0 aromatic carbocycles. The lowest BCUT2D eigenvalue weighted by Gasteiger charge is -2.22. The number of rotatable bonds is 14. The summed E-state index contributed by atoms with van der Waals surface area (Å²) in [4.78, 5) is 5.16. The summed E-state index contributed by atoms with van der Waals surface area (Å²) >= 11 is 0. The van der Waals surface area contributed by atoms with Gasteiger partial charge in [-0.1, -0.05) is 40.5 Å². The van der Waals surface area contributed by atoms with Crippen molar-refractivity contribution in [3.05, 3.63) is 6.42 Å². The number of nitrogens with zero attached hydrogens (tertiary/aromatic N) is 2. The molecule has 2 heteroatoms. The van der Waals surface area contributed by atoms with Gasteiger partial charge in [0, 0.05) is 0 Å². The Kier molecular flexibility index (Phi) is 14.3. The van der Waals surface area contributed by atoms with Gasteiger partial charge in [0.1, 0.15) is 0 Å². The maximum atomic E-state index is 2.65. The quantitative estimate of drug-likeness (QED) is 0.436. The first-order valence-corrected chi connectivity index (χ1v) is 8.54. The smallest absolute Gasteiger partial charge is 0.00160 e. The summed E-state index contributed by atoms with van der Waals surface area (Å²) in [6.07, 6.45) is 10.3. The monoisotopic (exact) mass is 269 g/mol. The van der Waals surface area contributed by atoms with Crippen LogP contribution in [0.25, 0.3) is 0 Å². The van der Waals surface area contributed by atoms with E-state index >= 15 is 0 Å². The molecule has 0 amide bonds. The highest BCUT2D eigenvalue weighted by Gasteiger charge is 2.04. The Morgan fingerprint density at radius 3 is 1.53 bits per heavy atom. The molecular weight excluding hydrogens is 232 g/mol. The molecule has 1 radical (unpaired) electrons. The first-order chi connectivity index (χ1) is 9.28. The zero-order valence-electron chi connectivity index (χ0n) is 14.0. The Morgan fingerprint density at radius 2 is 1.11 bits per heavy atom. The highest BCUT2D eigenvalue weighted by molar-refractivity contribution is 4.70. The Bertz CT molecular complexity index is 159. The fourth-order valence-electron chi connectivity index (χ4n) is 2.33. The second-order valence-corrected chi connectivity index (χ2v) is 5.44. The largest absolute Gasteiger partial charge is 0.304 e. The Hall–Kier alpha value is -0.0800. The standard InChI is InChI=1S/C17H37N2/c1-5-9-14-19(15-10-6-2)17-13-11-12-16-18(7-3)8-4/h11H,5-10,12-17H2,1-4H3. The molecule has 0 unspecified atom stereocenters. The lowest BCUT2D eigenvalue weighted by Crippen LogP contribution is -2.28. The molecule has 0 saturated heterocycles. The summed E-state index contributed by atoms with van der Waals surface area (Å²) in [5.41, 5.74) is 0. The molecule has 0 spiro atoms. The lowest BCUT2D eigenvalue weighted by molar-refractivity contribution is 0.264. The van der Waals surface area contributed by atoms with Crippen molar-refractivity contribution in [2.45, 2.75) is 66.2 Å². The predicted octanol–water partition coefficient (Wildman–Crippen LogP) is 4.21. The van der Waals surface area contributed by atoms with Gasteiger partial charge in [0.2, 0.25) is 0 Å². The average molecular weight is 269 g/mol. The molecule has 2 nitrogen and oxygen atoms in total. The van der Waals surface area contributed by atoms with Crippen LogP contribution < -0.4 is 0 Å². The minimum atomic E-state index is 1.18. The van der Waals surface area contributed by atoms with Crippen LogP contribution in [-0.4, -0.2) is 49.1 Å². The SMILES string of the molecule is CCCCN(CC[CH]CCN(CC)CC)CCCC. The molecular formula is C17H37N2. The first-order valence-electron chi connectivity index (χ1n) is 8.54. The van der Waals surface area contributed by atoms with E-state index in [1.807, 2.05) is 0 Å². The molecule has 0 aliphatic heterocycles. The van der Waals surface area contributed by atoms with Crippen LogP contribution in [0.2, 0.25) is 0 Å². The van der Waals surface area contributed by atoms with E-state index in [1.165, 1.54) is 77.8 Å². The fraction of sp³-hybridized carbons (Fsp3) is 0.941. The van der Waals surface area contributed by atoms with Crippen LogP contribution >= 0.6 is 0 Å². The van der Waals surface area contributed by atoms with Crippen molar-refractivity contribution in [1.82, 2.24) is 9.80 Å². The third-order valence-electron chi connectivity index (χ3n) is 3.85. The summed E-state index contributed by atoms with van der Waals surface area (Å²) in [7, 11) is 0. The van der Waals surface area contributed by atoms with Gasteiger partial charge in [0.15, 0.2) is 0 Å². The van der Waals surface area contributed by atoms with Crippen molar-refractivity contribution in [1.29, 1.82) is 0 Å². The molecule has 0 aromatic heterocycles. The maximum Gasteiger partial charge on any atom is -0.00160 e. The topological polar surface area (TPSA) is 6.48 Å². The molecule has 0 saturated carbocycles. The highest BCUT2D eigenvalue weighted by atomic mass is 15.1. The van der Waals surface area contributed by atoms with Gasteiger partial charge in [-0.25, -0.2) is 0 Å². The van der Waals surface area contributed by atoms with Gasteiger partial charge in [0.05, 0.1) is 0 Å². The number of hydrogen-bond acceptors (Lipinski definition) is 2. The third-order valence-corrected chi connectivity index (χ3v) is 3.85. The second kappa shape index (κ2) is 14.3. The normalized spacial score (nSPS) is 11.7. The van der Waals surface area contributed by atoms with Crippen molar-refractivity contribution in [3.8, 4) is 0 Å². The van der Waals surface area contributed by atoms with Gasteiger partial charge in [-0.3, -0.25) is 0 Å². The van der Waals surface area contributed by atoms with Gasteiger partial charge in [-0.05, 0) is 71.4 Å². The van der Waals surface area contributed by atoms with E-state index in [2.05, 4.69) is 43.9 Å². The van der Waals surface area contributed by atoms with Crippen LogP contribution in [0.15, 0.2) is 0 Å². The molecule has 0 bridgehead atoms. The first kappa shape index (κ1) is 18.9. The zero-order chi connectivity index (χ0) is 14.3. The van der Waals surface area contributed by atoms with Crippen molar-refractivity contribution < 1.29 is 0 Å². The van der Waals surface area contributed by atoms with E-state index in [9.17, 15) is 0 Å². The predicted molar refractivity (Wildman–Crippen MR) is 87.6 cm³/mol. The number of hydrogen-bond donors (Lipinski definition) is 0. The van der Waals surface area contributed by atoms with Crippen molar-refractivity contribution in [2.24, 2.45) is 0 Å². The maximum absolute atomic E-state index is 2.65. The van der Waals surface area contributed by atoms with Gasteiger partial charge in [0.25, 0.3) is 0 Å². The van der Waals surface area contributed by atoms with Gasteiger partial charge < -0.3 is 9.80 Å². The summed E-state index contributed by atoms with van der Waals surface area (Å²) in [5.74, 6) is 0. The fourth-order valence-corrected chi connectivity index (χ4v) is 2.33. The Balaban J connectivity index is 3.61. The van der Waals surface area contributed by atoms with Crippen molar-refractivity contribution in [3.63, 3.8) is 0 Å². The molecule has 19 heavy (non-hydrogen) atoms. The molecule has 0 atom stereocenters. The Morgan fingerprint density at radius 1 is 0.632 bits per heavy atom. The van der Waals surface area contributed by atoms with E-state index in [0.29, 0.717) is 0 Å². The minimum Gasteiger partial charge on any atom is -0.304 e. The van der Waals surface area contributed by atoms with Crippen molar-refractivity contribution in [2.75, 3.05) is 39.3 Å². The van der Waals surface area contributed by atoms with Gasteiger partial charge in [-0.15, -0.1) is 0 Å². The molecule has 0 aliphatic carbocycles. The van der Waals surface area contributed by atoms with Crippen LogP contribution in [0.4, 0.5) is 0 Å². The molecule has 0 N–H and O–H groups in total. The third kappa shape index (κ3) is 11.4. The summed E-state index contributed by atoms with van der Waals surface area (Å²) < 4.78 is 0. The lowest BCUT2D eigenvalue weighted by atomic mass is 10.2. The highest BCUT2D eigenvalue weighted by Crippen LogP contribution is 2.04. The van der Waals surface area contributed by atoms with E-state index in [1.54, 1.807) is 0 Å². The van der Waals surface area contributed by atoms with E-state index < -0.39 is 0 Å². The van der Waals surface area contributed by atoms with Crippen LogP contribution in [0, 0.1) is 6.42 Å². The summed E-state index contributed by atoms with van der Waals surface area (Å²) in [6.45, 7) is 16.5. The molecule has 0 aromatic rings. The van der Waals surface area contributed by atoms with Gasteiger partial charge in [-0.2, -0.15) is 0 Å². The van der Waals surface area contributed by atoms with Crippen LogP contribution in [0.3, 0.4) is 0 Å². The molecule has 115 valence electrons. The van der Waals surface area contributed by atoms with Crippen molar-refractivity contribution >= 4 is 0 Å². The molecule has 0 heterocycles. The second-order valence-electron chi connectivity index (χ2n) is 5.44. The summed E-state index contributed by atoms with van der Waals surface area (Å²) in [6, 6.07) is 0. The van der Waals surface area contributed by atoms with E-state index in [-0.39, 0.29) is 0 Å². The van der Waals surface area contributed by atoms with Gasteiger partial charge >= 0.3 is 0 Å². The van der Waals surface area contributed by atoms with Crippen LogP contribution in [0.5, 0.6) is 0 Å². The van der Waals surface area contributed by atoms with Crippen LogP contribution in [-0.2, 0) is 0 Å².